The lowest BCUT2D eigenvalue weighted by atomic mass is 10.0. The van der Waals surface area contributed by atoms with Gasteiger partial charge in [0, 0.05) is 19.3 Å². The Balaban J connectivity index is 4.54. The first kappa shape index (κ1) is 113. The van der Waals surface area contributed by atoms with Crippen LogP contribution in [0.2, 0.25) is 0 Å². The fourth-order valence-corrected chi connectivity index (χ4v) is 13.7. The minimum Gasteiger partial charge on any atom is -0.463 e. The Morgan fingerprint density at radius 1 is 0.235 bits per heavy atom. The standard InChI is InChI=1S/C101H166O16P2/c1-4-7-10-13-16-19-22-25-28-31-33-35-37-39-41-43-45-47-49-51-53-55-57-59-61-64-66-69-72-75-78-81-84-87-99(104)111-90-96(102)91-113-118(107,108)114-92-97(103)93-115-119(109,110)116-95-98(117-101(106)89-86-83-80-77-74-71-68-63-30-27-24-21-18-15-12-9-6-3)94-112-100(105)88-85-82-79-76-73-70-67-65-62-60-58-56-54-52-50-48-46-44-42-40-38-36-34-32-29-26-23-20-17-14-11-8-5-2/h7-12,16-21,25-30,33-36,39-42,45-48,68,71,77,80,96-98,102-103H,4-6,13-15,22-24,31-32,37-38,43-44,49-67,69-70,72-76,78-79,81-95H2,1-3H3,(H,107,108)(H,109,110)/b10-7-,11-8-,12-9-,19-16-,20-17-,21-18-,28-25-,29-26-,30-27-,35-33-,36-34-,41-39-,42-40-,47-45-,48-46-,71-68-,80-77-. The molecule has 0 radical (unpaired) electrons. The van der Waals surface area contributed by atoms with E-state index >= 15 is 0 Å². The van der Waals surface area contributed by atoms with Gasteiger partial charge in [0.2, 0.25) is 0 Å². The number of rotatable bonds is 86. The van der Waals surface area contributed by atoms with Crippen molar-refractivity contribution in [2.45, 2.75) is 373 Å². The van der Waals surface area contributed by atoms with Crippen molar-refractivity contribution in [2.24, 2.45) is 0 Å². The second-order valence-electron chi connectivity index (χ2n) is 30.3. The molecule has 18 heteroatoms. The molecule has 5 unspecified atom stereocenters. The van der Waals surface area contributed by atoms with Crippen molar-refractivity contribution in [3.63, 3.8) is 0 Å². The van der Waals surface area contributed by atoms with Crippen LogP contribution in [0.25, 0.3) is 0 Å². The molecule has 16 nitrogen and oxygen atoms in total. The summed E-state index contributed by atoms with van der Waals surface area (Å²) in [5, 5.41) is 20.7. The number of aliphatic hydroxyl groups is 2. The molecule has 0 aromatic rings. The second-order valence-corrected chi connectivity index (χ2v) is 33.2. The summed E-state index contributed by atoms with van der Waals surface area (Å²) < 4.78 is 61.4. The first-order valence-corrected chi connectivity index (χ1v) is 49.4. The number of hydrogen-bond acceptors (Lipinski definition) is 14. The zero-order valence-corrected chi connectivity index (χ0v) is 76.2. The van der Waals surface area contributed by atoms with Crippen molar-refractivity contribution in [2.75, 3.05) is 39.6 Å². The van der Waals surface area contributed by atoms with E-state index in [1.54, 1.807) is 0 Å². The Morgan fingerprint density at radius 3 is 0.689 bits per heavy atom. The van der Waals surface area contributed by atoms with E-state index in [2.05, 4.69) is 215 Å². The van der Waals surface area contributed by atoms with E-state index in [0.717, 1.165) is 167 Å². The number of carbonyl (C=O) groups is 3. The van der Waals surface area contributed by atoms with Gasteiger partial charge in [-0.25, -0.2) is 9.13 Å². The molecule has 0 aliphatic heterocycles. The summed E-state index contributed by atoms with van der Waals surface area (Å²) >= 11 is 0. The molecule has 0 rings (SSSR count). The Labute approximate surface area is 724 Å². The number of phosphoric ester groups is 2. The van der Waals surface area contributed by atoms with Gasteiger partial charge in [0.15, 0.2) is 6.10 Å². The van der Waals surface area contributed by atoms with Crippen molar-refractivity contribution < 1.29 is 75.8 Å². The maximum absolute atomic E-state index is 13.0. The van der Waals surface area contributed by atoms with E-state index < -0.39 is 91.5 Å². The molecule has 4 N–H and O–H groups in total. The first-order valence-electron chi connectivity index (χ1n) is 46.4. The van der Waals surface area contributed by atoms with Crippen molar-refractivity contribution in [3.8, 4) is 0 Å². The summed E-state index contributed by atoms with van der Waals surface area (Å²) in [5.74, 6) is -1.65. The minimum absolute atomic E-state index is 0.0208. The summed E-state index contributed by atoms with van der Waals surface area (Å²) in [6, 6.07) is 0. The van der Waals surface area contributed by atoms with Crippen LogP contribution >= 0.6 is 15.6 Å². The van der Waals surface area contributed by atoms with Gasteiger partial charge in [-0.05, 0) is 161 Å². The largest absolute Gasteiger partial charge is 0.472 e. The van der Waals surface area contributed by atoms with Gasteiger partial charge >= 0.3 is 33.6 Å². The molecule has 0 fully saturated rings. The van der Waals surface area contributed by atoms with Gasteiger partial charge in [0.05, 0.1) is 26.4 Å². The van der Waals surface area contributed by atoms with Crippen molar-refractivity contribution in [1.29, 1.82) is 0 Å². The van der Waals surface area contributed by atoms with Crippen LogP contribution in [0, 0.1) is 0 Å². The molecule has 0 saturated heterocycles. The molecule has 0 heterocycles. The number of phosphoric acid groups is 2. The fraction of sp³-hybridized carbons (Fsp3) is 0.634. The smallest absolute Gasteiger partial charge is 0.463 e. The maximum atomic E-state index is 13.0. The molecule has 0 saturated carbocycles. The number of aliphatic hydroxyl groups excluding tert-OH is 2. The van der Waals surface area contributed by atoms with Crippen LogP contribution in [0.4, 0.5) is 0 Å². The SMILES string of the molecule is CC/C=C\C/C=C\C/C=C\C/C=C\C/C=C\C/C=C\CCCCCCCCCCCCCCCCC(=O)OCC(O)COP(=O)(O)OCC(O)COP(=O)(O)OCC(COC(=O)CCCCCCCCCCCCCCCC/C=C\C/C=C\C/C=C\C/C=C\C/C=C\C/C=C\CC)OC(=O)CCC/C=C\C/C=C\C/C=C\C/C=C\C/C=C\CC. The number of esters is 3. The number of allylic oxidation sites excluding steroid dienone is 34. The highest BCUT2D eigenvalue weighted by molar-refractivity contribution is 7.47. The quantitative estimate of drug-likeness (QED) is 0.0146. The number of hydrogen-bond donors (Lipinski definition) is 4. The molecular weight excluding hydrogens is 1530 g/mol. The highest BCUT2D eigenvalue weighted by Gasteiger charge is 2.29. The molecule has 0 spiro atoms. The summed E-state index contributed by atoms with van der Waals surface area (Å²) in [6.45, 7) is 2.29. The van der Waals surface area contributed by atoms with Crippen LogP contribution in [0.3, 0.4) is 0 Å². The van der Waals surface area contributed by atoms with Gasteiger partial charge in [0.1, 0.15) is 25.4 Å². The number of unbranched alkanes of at least 4 members (excludes halogenated alkanes) is 29. The average Bonchev–Trinajstić information content (AvgIpc) is 0.899. The Morgan fingerprint density at radius 2 is 0.429 bits per heavy atom. The lowest BCUT2D eigenvalue weighted by molar-refractivity contribution is -0.161. The van der Waals surface area contributed by atoms with Gasteiger partial charge in [-0.2, -0.15) is 0 Å². The van der Waals surface area contributed by atoms with Crippen LogP contribution in [0.1, 0.15) is 355 Å². The molecular formula is C101H166O16P2. The molecule has 0 aromatic carbocycles. The van der Waals surface area contributed by atoms with Crippen LogP contribution in [0.5, 0.6) is 0 Å². The highest BCUT2D eigenvalue weighted by atomic mass is 31.2. The first-order chi connectivity index (χ1) is 58.2. The fourth-order valence-electron chi connectivity index (χ4n) is 12.1. The number of carbonyl (C=O) groups excluding carboxylic acids is 3. The third-order valence-electron chi connectivity index (χ3n) is 19.0. The predicted molar refractivity (Wildman–Crippen MR) is 500 cm³/mol. The van der Waals surface area contributed by atoms with Gasteiger partial charge in [-0.1, -0.05) is 381 Å². The van der Waals surface area contributed by atoms with E-state index in [1.165, 1.54) is 122 Å². The van der Waals surface area contributed by atoms with Gasteiger partial charge in [-0.15, -0.1) is 0 Å². The van der Waals surface area contributed by atoms with Crippen LogP contribution in [0.15, 0.2) is 207 Å². The summed E-state index contributed by atoms with van der Waals surface area (Å²) in [5.41, 5.74) is 0. The third-order valence-corrected chi connectivity index (χ3v) is 20.9. The molecule has 0 aliphatic carbocycles. The van der Waals surface area contributed by atoms with Crippen molar-refractivity contribution in [1.82, 2.24) is 0 Å². The average molecular weight is 1700 g/mol. The summed E-state index contributed by atoms with van der Waals surface area (Å²) in [4.78, 5) is 58.9. The lowest BCUT2D eigenvalue weighted by Crippen LogP contribution is -2.30. The molecule has 0 aromatic heterocycles. The number of ether oxygens (including phenoxy) is 3. The zero-order chi connectivity index (χ0) is 86.5. The van der Waals surface area contributed by atoms with Crippen LogP contribution < -0.4 is 0 Å². The minimum atomic E-state index is -4.96. The van der Waals surface area contributed by atoms with Crippen molar-refractivity contribution in [3.05, 3.63) is 207 Å². The van der Waals surface area contributed by atoms with E-state index in [4.69, 9.17) is 32.3 Å². The maximum Gasteiger partial charge on any atom is 0.472 e. The summed E-state index contributed by atoms with van der Waals surface area (Å²) in [7, 11) is -9.83. The Bertz CT molecular complexity index is 2990. The van der Waals surface area contributed by atoms with E-state index in [0.29, 0.717) is 25.7 Å². The Hall–Kier alpha value is -5.87. The summed E-state index contributed by atoms with van der Waals surface area (Å²) in [6.07, 6.45) is 123. The molecule has 119 heavy (non-hydrogen) atoms. The van der Waals surface area contributed by atoms with Crippen LogP contribution in [-0.2, 0) is 55.8 Å². The molecule has 0 bridgehead atoms. The van der Waals surface area contributed by atoms with Gasteiger partial charge < -0.3 is 34.2 Å². The molecule has 5 atom stereocenters. The van der Waals surface area contributed by atoms with E-state index in [-0.39, 0.29) is 19.3 Å². The topological polar surface area (TPSA) is 231 Å². The van der Waals surface area contributed by atoms with E-state index in [9.17, 15) is 43.5 Å². The van der Waals surface area contributed by atoms with Gasteiger partial charge in [0.25, 0.3) is 0 Å². The van der Waals surface area contributed by atoms with E-state index in [1.807, 2.05) is 12.2 Å². The van der Waals surface area contributed by atoms with Crippen molar-refractivity contribution >= 4 is 33.6 Å². The second kappa shape index (κ2) is 91.3. The monoisotopic (exact) mass is 1700 g/mol. The molecule has 676 valence electrons. The predicted octanol–water partition coefficient (Wildman–Crippen LogP) is 28.8. The zero-order valence-electron chi connectivity index (χ0n) is 74.5. The third kappa shape index (κ3) is 92.7. The lowest BCUT2D eigenvalue weighted by Gasteiger charge is -2.21. The van der Waals surface area contributed by atoms with Crippen LogP contribution in [-0.4, -0.2) is 95.9 Å². The highest BCUT2D eigenvalue weighted by Crippen LogP contribution is 2.45. The normalized spacial score (nSPS) is 14.7. The molecule has 0 aliphatic rings. The Kier molecular flexibility index (Phi) is 86.8. The molecule has 0 amide bonds. The van der Waals surface area contributed by atoms with Gasteiger partial charge in [-0.3, -0.25) is 32.5 Å².